The van der Waals surface area contributed by atoms with Gasteiger partial charge in [-0.15, -0.1) is 10.2 Å². The van der Waals surface area contributed by atoms with Crippen LogP contribution in [-0.2, 0) is 0 Å². The highest BCUT2D eigenvalue weighted by atomic mass is 79.9. The second-order valence-corrected chi connectivity index (χ2v) is 6.32. The molecule has 0 aliphatic carbocycles. The highest BCUT2D eigenvalue weighted by Crippen LogP contribution is 2.37. The van der Waals surface area contributed by atoms with Gasteiger partial charge in [0.15, 0.2) is 10.2 Å². The van der Waals surface area contributed by atoms with Crippen LogP contribution in [0, 0.1) is 0 Å². The summed E-state index contributed by atoms with van der Waals surface area (Å²) < 4.78 is 1.51. The second kappa shape index (κ2) is 5.78. The third-order valence-corrected chi connectivity index (χ3v) is 5.01. The minimum Gasteiger partial charge on any atom is -0.353 e. The van der Waals surface area contributed by atoms with Gasteiger partial charge in [-0.1, -0.05) is 11.3 Å². The molecule has 7 nitrogen and oxygen atoms in total. The van der Waals surface area contributed by atoms with Crippen molar-refractivity contribution in [3.8, 4) is 0 Å². The van der Waals surface area contributed by atoms with Gasteiger partial charge >= 0.3 is 0 Å². The van der Waals surface area contributed by atoms with E-state index < -0.39 is 0 Å². The first-order valence-electron chi connectivity index (χ1n) is 4.77. The zero-order valence-corrected chi connectivity index (χ0v) is 12.8. The Morgan fingerprint density at radius 2 is 2.17 bits per heavy atom. The Morgan fingerprint density at radius 3 is 2.78 bits per heavy atom. The molecule has 0 bridgehead atoms. The molecule has 2 heterocycles. The molecular weight excluding hydrogens is 338 g/mol. The van der Waals surface area contributed by atoms with E-state index in [0.29, 0.717) is 10.3 Å². The van der Waals surface area contributed by atoms with Gasteiger partial charge in [-0.3, -0.25) is 0 Å². The molecule has 2 aromatic rings. The molecule has 2 rings (SSSR count). The van der Waals surface area contributed by atoms with E-state index in [9.17, 15) is 0 Å². The van der Waals surface area contributed by atoms with Gasteiger partial charge in [-0.05, 0) is 27.7 Å². The SMILES string of the molecule is CN(C)c1nnc(Sc2ncnc(NN)c2Br)s1. The molecule has 0 amide bonds. The molecule has 0 aliphatic rings. The van der Waals surface area contributed by atoms with E-state index in [1.165, 1.54) is 29.4 Å². The molecular formula is C8H10BrN7S2. The van der Waals surface area contributed by atoms with Crippen molar-refractivity contribution in [3.05, 3.63) is 10.8 Å². The molecule has 0 spiro atoms. The molecule has 2 aromatic heterocycles. The first-order valence-corrected chi connectivity index (χ1v) is 7.20. The molecule has 0 aliphatic heterocycles. The van der Waals surface area contributed by atoms with Crippen molar-refractivity contribution in [2.45, 2.75) is 9.37 Å². The number of nitrogens with one attached hydrogen (secondary N) is 1. The number of anilines is 2. The largest absolute Gasteiger partial charge is 0.353 e. The first-order chi connectivity index (χ1) is 8.61. The number of halogens is 1. The van der Waals surface area contributed by atoms with Crippen molar-refractivity contribution in [2.75, 3.05) is 24.4 Å². The standard InChI is InChI=1S/C8H10BrN7S2/c1-16(2)7-14-15-8(18-7)17-6-4(9)5(13-10)11-3-12-6/h3H,10H2,1-2H3,(H,11,12,13). The summed E-state index contributed by atoms with van der Waals surface area (Å²) in [6.45, 7) is 0. The number of rotatable bonds is 4. The van der Waals surface area contributed by atoms with Gasteiger partial charge in [-0.25, -0.2) is 15.8 Å². The number of hydrogen-bond donors (Lipinski definition) is 2. The van der Waals surface area contributed by atoms with Crippen LogP contribution < -0.4 is 16.2 Å². The van der Waals surface area contributed by atoms with Gasteiger partial charge in [0.2, 0.25) is 5.13 Å². The Labute approximate surface area is 120 Å². The topological polar surface area (TPSA) is 92.8 Å². The average Bonchev–Trinajstić information content (AvgIpc) is 2.80. The van der Waals surface area contributed by atoms with E-state index in [-0.39, 0.29) is 0 Å². The molecule has 0 atom stereocenters. The number of nitrogens with zero attached hydrogens (tertiary/aromatic N) is 5. The van der Waals surface area contributed by atoms with Crippen LogP contribution in [0.15, 0.2) is 20.2 Å². The second-order valence-electron chi connectivity index (χ2n) is 3.33. The normalized spacial score (nSPS) is 10.4. The van der Waals surface area contributed by atoms with Gasteiger partial charge < -0.3 is 10.3 Å². The summed E-state index contributed by atoms with van der Waals surface area (Å²) in [4.78, 5) is 10.1. The van der Waals surface area contributed by atoms with E-state index >= 15 is 0 Å². The van der Waals surface area contributed by atoms with Crippen molar-refractivity contribution in [2.24, 2.45) is 5.84 Å². The Bertz CT molecular complexity index is 544. The van der Waals surface area contributed by atoms with Crippen LogP contribution in [0.25, 0.3) is 0 Å². The van der Waals surface area contributed by atoms with E-state index in [0.717, 1.165) is 14.5 Å². The van der Waals surface area contributed by atoms with Crippen molar-refractivity contribution in [1.82, 2.24) is 20.2 Å². The van der Waals surface area contributed by atoms with E-state index in [2.05, 4.69) is 41.5 Å². The zero-order valence-electron chi connectivity index (χ0n) is 9.59. The van der Waals surface area contributed by atoms with Gasteiger partial charge in [0, 0.05) is 14.1 Å². The summed E-state index contributed by atoms with van der Waals surface area (Å²) in [5.41, 5.74) is 2.49. The third kappa shape index (κ3) is 2.88. The number of hydrazine groups is 1. The third-order valence-electron chi connectivity index (χ3n) is 1.86. The van der Waals surface area contributed by atoms with Gasteiger partial charge in [0.1, 0.15) is 11.4 Å². The number of nitrogen functional groups attached to an aromatic ring is 1. The lowest BCUT2D eigenvalue weighted by Crippen LogP contribution is -2.09. The summed E-state index contributed by atoms with van der Waals surface area (Å²) in [6.07, 6.45) is 1.44. The maximum Gasteiger partial charge on any atom is 0.208 e. The molecule has 0 unspecified atom stereocenters. The van der Waals surface area contributed by atoms with E-state index in [1.54, 1.807) is 0 Å². The molecule has 10 heteroatoms. The van der Waals surface area contributed by atoms with Crippen molar-refractivity contribution < 1.29 is 0 Å². The van der Waals surface area contributed by atoms with Gasteiger partial charge in [0.25, 0.3) is 0 Å². The Hall–Kier alpha value is -0.970. The van der Waals surface area contributed by atoms with Crippen LogP contribution >= 0.6 is 39.0 Å². The van der Waals surface area contributed by atoms with Crippen molar-refractivity contribution in [1.29, 1.82) is 0 Å². The monoisotopic (exact) mass is 347 g/mol. The molecule has 0 saturated carbocycles. The van der Waals surface area contributed by atoms with Gasteiger partial charge in [0.05, 0.1) is 4.47 Å². The van der Waals surface area contributed by atoms with Crippen LogP contribution in [0.2, 0.25) is 0 Å². The Balaban J connectivity index is 2.23. The minimum absolute atomic E-state index is 0.532. The number of nitrogens with two attached hydrogens (primary N) is 1. The highest BCUT2D eigenvalue weighted by Gasteiger charge is 2.13. The van der Waals surface area contributed by atoms with Crippen LogP contribution in [0.5, 0.6) is 0 Å². The smallest absolute Gasteiger partial charge is 0.208 e. The maximum absolute atomic E-state index is 5.35. The molecule has 0 saturated heterocycles. The lowest BCUT2D eigenvalue weighted by Gasteiger charge is -2.05. The Kier molecular flexibility index (Phi) is 4.32. The lowest BCUT2D eigenvalue weighted by molar-refractivity contribution is 0.966. The summed E-state index contributed by atoms with van der Waals surface area (Å²) >= 11 is 6.29. The van der Waals surface area contributed by atoms with Crippen molar-refractivity contribution in [3.63, 3.8) is 0 Å². The average molecular weight is 348 g/mol. The fourth-order valence-electron chi connectivity index (χ4n) is 1.03. The molecule has 96 valence electrons. The summed E-state index contributed by atoms with van der Waals surface area (Å²) in [6, 6.07) is 0. The minimum atomic E-state index is 0.532. The fraction of sp³-hybridized carbons (Fsp3) is 0.250. The predicted molar refractivity (Wildman–Crippen MR) is 75.9 cm³/mol. The predicted octanol–water partition coefficient (Wildman–Crippen LogP) is 1.59. The molecule has 0 radical (unpaired) electrons. The van der Waals surface area contributed by atoms with Crippen LogP contribution in [0.1, 0.15) is 0 Å². The van der Waals surface area contributed by atoms with Crippen molar-refractivity contribution >= 4 is 50.0 Å². The van der Waals surface area contributed by atoms with Crippen LogP contribution in [0.4, 0.5) is 10.9 Å². The number of hydrogen-bond acceptors (Lipinski definition) is 9. The Morgan fingerprint density at radius 1 is 1.39 bits per heavy atom. The zero-order chi connectivity index (χ0) is 13.1. The van der Waals surface area contributed by atoms with E-state index in [1.807, 2.05) is 19.0 Å². The summed E-state index contributed by atoms with van der Waals surface area (Å²) in [7, 11) is 3.85. The van der Waals surface area contributed by atoms with Crippen LogP contribution in [0.3, 0.4) is 0 Å². The molecule has 3 N–H and O–H groups in total. The first kappa shape index (κ1) is 13.5. The molecule has 0 fully saturated rings. The maximum atomic E-state index is 5.35. The van der Waals surface area contributed by atoms with Gasteiger partial charge in [-0.2, -0.15) is 0 Å². The lowest BCUT2D eigenvalue weighted by atomic mass is 10.6. The number of aromatic nitrogens is 4. The fourth-order valence-corrected chi connectivity index (χ4v) is 3.26. The molecule has 18 heavy (non-hydrogen) atoms. The molecule has 0 aromatic carbocycles. The van der Waals surface area contributed by atoms with E-state index in [4.69, 9.17) is 5.84 Å². The summed E-state index contributed by atoms with van der Waals surface area (Å²) in [5.74, 6) is 5.88. The highest BCUT2D eigenvalue weighted by molar-refractivity contribution is 9.10. The summed E-state index contributed by atoms with van der Waals surface area (Å²) in [5, 5.41) is 9.73. The quantitative estimate of drug-likeness (QED) is 0.489. The van der Waals surface area contributed by atoms with Crippen LogP contribution in [-0.4, -0.2) is 34.3 Å².